The molecule has 1 aromatic heterocycles. The fourth-order valence-electron chi connectivity index (χ4n) is 3.58. The molecule has 1 heterocycles. The lowest BCUT2D eigenvalue weighted by Gasteiger charge is -2.14. The summed E-state index contributed by atoms with van der Waals surface area (Å²) >= 11 is 0. The van der Waals surface area contributed by atoms with Crippen LogP contribution in [0.2, 0.25) is 0 Å². The van der Waals surface area contributed by atoms with Gasteiger partial charge < -0.3 is 16.0 Å². The zero-order chi connectivity index (χ0) is 18.3. The van der Waals surface area contributed by atoms with Gasteiger partial charge in [-0.25, -0.2) is 0 Å². The molecule has 130 valence electrons. The fraction of sp³-hybridized carbons (Fsp3) is 0.150. The minimum absolute atomic E-state index is 0.0293. The average molecular weight is 346 g/mol. The van der Waals surface area contributed by atoms with E-state index in [0.717, 1.165) is 5.56 Å². The Balaban J connectivity index is 1.95. The zero-order valence-electron chi connectivity index (χ0n) is 14.1. The molecule has 0 amide bonds. The van der Waals surface area contributed by atoms with Crippen LogP contribution < -0.4 is 17.0 Å². The van der Waals surface area contributed by atoms with E-state index in [1.165, 1.54) is 0 Å². The summed E-state index contributed by atoms with van der Waals surface area (Å²) in [7, 11) is 0. The van der Waals surface area contributed by atoms with Crippen molar-refractivity contribution in [3.05, 3.63) is 70.0 Å². The van der Waals surface area contributed by atoms with E-state index >= 15 is 0 Å². The van der Waals surface area contributed by atoms with Gasteiger partial charge in [0.2, 0.25) is 0 Å². The number of ketones is 1. The SMILES string of the molecule is NC(N)=NCCCn1c2c(c3ccccc3c1=O)C(=O)c1ccccc1-2. The molecule has 0 saturated heterocycles. The van der Waals surface area contributed by atoms with Gasteiger partial charge in [-0.15, -0.1) is 0 Å². The smallest absolute Gasteiger partial charge is 0.258 e. The highest BCUT2D eigenvalue weighted by Crippen LogP contribution is 2.39. The Hall–Kier alpha value is -3.41. The molecule has 0 fully saturated rings. The van der Waals surface area contributed by atoms with E-state index in [1.807, 2.05) is 36.4 Å². The normalized spacial score (nSPS) is 12.1. The number of nitrogens with two attached hydrogens (primary N) is 2. The van der Waals surface area contributed by atoms with Crippen molar-refractivity contribution in [1.82, 2.24) is 4.57 Å². The maximum absolute atomic E-state index is 13.1. The van der Waals surface area contributed by atoms with Crippen LogP contribution in [0, 0.1) is 0 Å². The van der Waals surface area contributed by atoms with Crippen LogP contribution in [0.15, 0.2) is 58.3 Å². The fourth-order valence-corrected chi connectivity index (χ4v) is 3.58. The van der Waals surface area contributed by atoms with Crippen molar-refractivity contribution >= 4 is 22.5 Å². The molecule has 0 atom stereocenters. The lowest BCUT2D eigenvalue weighted by molar-refractivity contribution is 0.104. The summed E-state index contributed by atoms with van der Waals surface area (Å²) in [5.41, 5.74) is 13.4. The summed E-state index contributed by atoms with van der Waals surface area (Å²) in [4.78, 5) is 30.1. The minimum atomic E-state index is -0.103. The largest absolute Gasteiger partial charge is 0.370 e. The Morgan fingerprint density at radius 2 is 1.58 bits per heavy atom. The molecule has 0 aliphatic heterocycles. The van der Waals surface area contributed by atoms with Gasteiger partial charge in [0.15, 0.2) is 11.7 Å². The van der Waals surface area contributed by atoms with Crippen LogP contribution in [0.3, 0.4) is 0 Å². The molecule has 0 unspecified atom stereocenters. The number of benzene rings is 2. The molecule has 6 nitrogen and oxygen atoms in total. The van der Waals surface area contributed by atoms with Crippen molar-refractivity contribution in [3.8, 4) is 11.3 Å². The number of guanidine groups is 1. The Labute approximate surface area is 149 Å². The molecule has 3 aromatic rings. The molecule has 0 spiro atoms. The Morgan fingerprint density at radius 1 is 0.923 bits per heavy atom. The topological polar surface area (TPSA) is 103 Å². The quantitative estimate of drug-likeness (QED) is 0.334. The molecule has 0 radical (unpaired) electrons. The number of hydrogen-bond acceptors (Lipinski definition) is 3. The molecule has 0 saturated carbocycles. The number of hydrogen-bond donors (Lipinski definition) is 2. The minimum Gasteiger partial charge on any atom is -0.370 e. The molecule has 6 heteroatoms. The van der Waals surface area contributed by atoms with Crippen molar-refractivity contribution in [1.29, 1.82) is 0 Å². The molecule has 1 aliphatic rings. The molecule has 26 heavy (non-hydrogen) atoms. The summed E-state index contributed by atoms with van der Waals surface area (Å²) in [6.07, 6.45) is 0.596. The molecule has 4 rings (SSSR count). The van der Waals surface area contributed by atoms with Crippen molar-refractivity contribution in [2.45, 2.75) is 13.0 Å². The number of rotatable bonds is 4. The van der Waals surface area contributed by atoms with Gasteiger partial charge in [0.1, 0.15) is 0 Å². The standard InChI is InChI=1S/C20H18N4O2/c21-20(22)23-10-5-11-24-17-13-7-2-3-8-14(13)18(25)16(17)12-6-1-4-9-15(12)19(24)26/h1-4,6-9H,5,10-11H2,(H4,21,22,23). The van der Waals surface area contributed by atoms with E-state index in [4.69, 9.17) is 11.5 Å². The van der Waals surface area contributed by atoms with Crippen LogP contribution in [-0.2, 0) is 6.54 Å². The average Bonchev–Trinajstić information content (AvgIpc) is 2.94. The second-order valence-electron chi connectivity index (χ2n) is 6.26. The van der Waals surface area contributed by atoms with E-state index in [9.17, 15) is 9.59 Å². The van der Waals surface area contributed by atoms with Crippen LogP contribution in [0.5, 0.6) is 0 Å². The van der Waals surface area contributed by atoms with E-state index < -0.39 is 0 Å². The molecule has 4 N–H and O–H groups in total. The zero-order valence-corrected chi connectivity index (χ0v) is 14.1. The summed E-state index contributed by atoms with van der Waals surface area (Å²) in [5.74, 6) is -0.00798. The van der Waals surface area contributed by atoms with E-state index in [2.05, 4.69) is 4.99 Å². The van der Waals surface area contributed by atoms with E-state index in [1.54, 1.807) is 16.7 Å². The van der Waals surface area contributed by atoms with Gasteiger partial charge in [-0.3, -0.25) is 14.6 Å². The number of pyridine rings is 1. The predicted molar refractivity (Wildman–Crippen MR) is 102 cm³/mol. The van der Waals surface area contributed by atoms with Crippen LogP contribution in [0.1, 0.15) is 22.3 Å². The number of fused-ring (bicyclic) bond motifs is 5. The number of nitrogens with zero attached hydrogens (tertiary/aromatic N) is 2. The van der Waals surface area contributed by atoms with E-state index in [0.29, 0.717) is 47.1 Å². The van der Waals surface area contributed by atoms with Crippen LogP contribution in [0.4, 0.5) is 0 Å². The lowest BCUT2D eigenvalue weighted by Crippen LogP contribution is -2.25. The van der Waals surface area contributed by atoms with E-state index in [-0.39, 0.29) is 17.3 Å². The van der Waals surface area contributed by atoms with Gasteiger partial charge in [0.05, 0.1) is 11.3 Å². The van der Waals surface area contributed by atoms with Crippen LogP contribution >= 0.6 is 0 Å². The van der Waals surface area contributed by atoms with Gasteiger partial charge in [0, 0.05) is 35.0 Å². The molecule has 0 bridgehead atoms. The first-order chi connectivity index (χ1) is 12.6. The van der Waals surface area contributed by atoms with Crippen LogP contribution in [-0.4, -0.2) is 22.9 Å². The number of carbonyl (C=O) groups excluding carboxylic acids is 1. The summed E-state index contributed by atoms with van der Waals surface area (Å²) in [6, 6.07) is 14.7. The third-order valence-electron chi connectivity index (χ3n) is 4.67. The van der Waals surface area contributed by atoms with Crippen molar-refractivity contribution in [3.63, 3.8) is 0 Å². The highest BCUT2D eigenvalue weighted by Gasteiger charge is 2.31. The maximum atomic E-state index is 13.1. The highest BCUT2D eigenvalue weighted by molar-refractivity contribution is 6.26. The van der Waals surface area contributed by atoms with Gasteiger partial charge >= 0.3 is 0 Å². The van der Waals surface area contributed by atoms with Gasteiger partial charge in [-0.1, -0.05) is 42.5 Å². The Kier molecular flexibility index (Phi) is 3.80. The monoisotopic (exact) mass is 346 g/mol. The number of carbonyl (C=O) groups is 1. The molecular formula is C20H18N4O2. The highest BCUT2D eigenvalue weighted by atomic mass is 16.1. The van der Waals surface area contributed by atoms with Gasteiger partial charge in [-0.05, 0) is 12.5 Å². The third-order valence-corrected chi connectivity index (χ3v) is 4.67. The number of aliphatic imine (C=N–C) groups is 1. The molecule has 2 aromatic carbocycles. The summed E-state index contributed by atoms with van der Waals surface area (Å²) < 4.78 is 1.68. The second kappa shape index (κ2) is 6.15. The van der Waals surface area contributed by atoms with Crippen molar-refractivity contribution < 1.29 is 4.79 Å². The number of aromatic nitrogens is 1. The summed E-state index contributed by atoms with van der Waals surface area (Å²) in [6.45, 7) is 0.858. The second-order valence-corrected chi connectivity index (χ2v) is 6.26. The first-order valence-electron chi connectivity index (χ1n) is 8.44. The Bertz CT molecular complexity index is 1120. The lowest BCUT2D eigenvalue weighted by atomic mass is 10.0. The van der Waals surface area contributed by atoms with Crippen molar-refractivity contribution in [2.24, 2.45) is 16.5 Å². The van der Waals surface area contributed by atoms with Crippen LogP contribution in [0.25, 0.3) is 22.0 Å². The van der Waals surface area contributed by atoms with Crippen molar-refractivity contribution in [2.75, 3.05) is 6.54 Å². The Morgan fingerprint density at radius 3 is 2.31 bits per heavy atom. The predicted octanol–water partition coefficient (Wildman–Crippen LogP) is 1.88. The van der Waals surface area contributed by atoms with Gasteiger partial charge in [0.25, 0.3) is 5.56 Å². The molecular weight excluding hydrogens is 328 g/mol. The van der Waals surface area contributed by atoms with Gasteiger partial charge in [-0.2, -0.15) is 0 Å². The third kappa shape index (κ3) is 2.38. The summed E-state index contributed by atoms with van der Waals surface area (Å²) in [5, 5.41) is 1.25. The first kappa shape index (κ1) is 16.1. The first-order valence-corrected chi connectivity index (χ1v) is 8.44. The molecule has 1 aliphatic carbocycles. The maximum Gasteiger partial charge on any atom is 0.258 e.